The Morgan fingerprint density at radius 3 is 2.52 bits per heavy atom. The van der Waals surface area contributed by atoms with E-state index in [0.29, 0.717) is 24.6 Å². The number of ether oxygens (including phenoxy) is 2. The van der Waals surface area contributed by atoms with Crippen molar-refractivity contribution in [1.82, 2.24) is 9.47 Å². The van der Waals surface area contributed by atoms with E-state index in [4.69, 9.17) is 4.74 Å². The van der Waals surface area contributed by atoms with E-state index in [0.717, 1.165) is 36.0 Å². The van der Waals surface area contributed by atoms with E-state index in [-0.39, 0.29) is 11.6 Å². The molecule has 7 heteroatoms. The van der Waals surface area contributed by atoms with Crippen LogP contribution in [0.25, 0.3) is 16.3 Å². The smallest absolute Gasteiger partial charge is 0.394 e. The molecule has 0 fully saturated rings. The molecule has 3 aromatic rings. The Hall–Kier alpha value is -3.06. The van der Waals surface area contributed by atoms with Gasteiger partial charge in [0.2, 0.25) is 5.88 Å². The molecule has 0 unspecified atom stereocenters. The van der Waals surface area contributed by atoms with E-state index in [2.05, 4.69) is 28.8 Å². The fraction of sp³-hybridized carbons (Fsp3) is 0.333. The zero-order valence-corrected chi connectivity index (χ0v) is 17.9. The van der Waals surface area contributed by atoms with Crippen LogP contribution in [0, 0.1) is 0 Å². The second-order valence-corrected chi connectivity index (χ2v) is 8.02. The molecular weight excluding hydrogens is 402 g/mol. The lowest BCUT2D eigenvalue weighted by Crippen LogP contribution is -2.23. The van der Waals surface area contributed by atoms with Crippen LogP contribution in [0.15, 0.2) is 48.7 Å². The highest BCUT2D eigenvalue weighted by Crippen LogP contribution is 2.39. The first-order valence-corrected chi connectivity index (χ1v) is 10.2. The van der Waals surface area contributed by atoms with E-state index >= 15 is 0 Å². The minimum Gasteiger partial charge on any atom is -0.496 e. The molecule has 0 saturated heterocycles. The standard InChI is InChI=1S/C24H26F2N2O3/c1-24(25,26)31-20-6-4-16(5-7-20)14-28-15-19-12-18(17-8-10-27(2)11-9-17)13-21(30-3)22(19)23(28)29/h4-8,12-13,15,29H,9-11,14H2,1-3H3. The molecular formula is C24H26F2N2O3. The zero-order valence-electron chi connectivity index (χ0n) is 17.9. The van der Waals surface area contributed by atoms with Crippen LogP contribution in [0.1, 0.15) is 24.5 Å². The molecule has 1 aliphatic rings. The first-order chi connectivity index (χ1) is 14.7. The van der Waals surface area contributed by atoms with Crippen molar-refractivity contribution in [2.45, 2.75) is 26.0 Å². The Balaban J connectivity index is 1.64. The molecule has 0 aliphatic carbocycles. The van der Waals surface area contributed by atoms with E-state index in [9.17, 15) is 13.9 Å². The van der Waals surface area contributed by atoms with Crippen molar-refractivity contribution in [2.75, 3.05) is 27.2 Å². The predicted octanol–water partition coefficient (Wildman–Crippen LogP) is 5.11. The number of alkyl halides is 2. The summed E-state index contributed by atoms with van der Waals surface area (Å²) in [6, 6.07) is 10.5. The van der Waals surface area contributed by atoms with E-state index in [1.54, 1.807) is 23.8 Å². The fourth-order valence-corrected chi connectivity index (χ4v) is 3.92. The third-order valence-corrected chi connectivity index (χ3v) is 5.50. The maximum atomic E-state index is 13.0. The predicted molar refractivity (Wildman–Crippen MR) is 117 cm³/mol. The lowest BCUT2D eigenvalue weighted by molar-refractivity contribution is -0.158. The number of rotatable bonds is 6. The molecule has 164 valence electrons. The van der Waals surface area contributed by atoms with E-state index in [1.807, 2.05) is 12.3 Å². The molecule has 1 N–H and O–H groups in total. The van der Waals surface area contributed by atoms with Gasteiger partial charge in [-0.1, -0.05) is 18.2 Å². The van der Waals surface area contributed by atoms with Crippen LogP contribution >= 0.6 is 0 Å². The van der Waals surface area contributed by atoms with Crippen LogP contribution in [-0.4, -0.2) is 47.9 Å². The summed E-state index contributed by atoms with van der Waals surface area (Å²) in [6.45, 7) is 3.00. The van der Waals surface area contributed by atoms with Crippen molar-refractivity contribution < 1.29 is 23.4 Å². The van der Waals surface area contributed by atoms with Gasteiger partial charge in [-0.15, -0.1) is 0 Å². The van der Waals surface area contributed by atoms with E-state index < -0.39 is 6.11 Å². The third-order valence-electron chi connectivity index (χ3n) is 5.50. The molecule has 31 heavy (non-hydrogen) atoms. The SMILES string of the molecule is COc1cc(C2=CCN(C)CC2)cc2cn(Cc3ccc(OC(C)(F)F)cc3)c(O)c12. The summed E-state index contributed by atoms with van der Waals surface area (Å²) in [7, 11) is 3.70. The average molecular weight is 428 g/mol. The molecule has 0 amide bonds. The summed E-state index contributed by atoms with van der Waals surface area (Å²) in [5.74, 6) is 0.824. The van der Waals surface area contributed by atoms with Gasteiger partial charge in [-0.05, 0) is 54.4 Å². The van der Waals surface area contributed by atoms with Gasteiger partial charge in [0.05, 0.1) is 19.0 Å². The zero-order chi connectivity index (χ0) is 22.2. The number of aromatic hydroxyl groups is 1. The van der Waals surface area contributed by atoms with Crippen molar-refractivity contribution in [3.63, 3.8) is 0 Å². The Labute approximate surface area is 180 Å². The van der Waals surface area contributed by atoms with Crippen molar-refractivity contribution in [1.29, 1.82) is 0 Å². The largest absolute Gasteiger partial charge is 0.496 e. The number of halogens is 2. The number of methoxy groups -OCH3 is 1. The maximum absolute atomic E-state index is 13.0. The summed E-state index contributed by atoms with van der Waals surface area (Å²) in [5.41, 5.74) is 3.21. The molecule has 0 saturated carbocycles. The highest BCUT2D eigenvalue weighted by Gasteiger charge is 2.23. The minimum absolute atomic E-state index is 0.0934. The quantitative estimate of drug-likeness (QED) is 0.592. The highest BCUT2D eigenvalue weighted by molar-refractivity contribution is 5.96. The van der Waals surface area contributed by atoms with Gasteiger partial charge in [-0.3, -0.25) is 0 Å². The first-order valence-electron chi connectivity index (χ1n) is 10.2. The Bertz CT molecular complexity index is 1110. The molecule has 2 aromatic carbocycles. The third kappa shape index (κ3) is 4.66. The summed E-state index contributed by atoms with van der Waals surface area (Å²) in [6.07, 6.45) is 1.85. The molecule has 0 radical (unpaired) electrons. The van der Waals surface area contributed by atoms with Crippen LogP contribution in [-0.2, 0) is 6.54 Å². The van der Waals surface area contributed by atoms with Gasteiger partial charge in [0.15, 0.2) is 0 Å². The topological polar surface area (TPSA) is 46.9 Å². The van der Waals surface area contributed by atoms with Crippen LogP contribution < -0.4 is 9.47 Å². The Morgan fingerprint density at radius 1 is 1.16 bits per heavy atom. The molecule has 2 heterocycles. The molecule has 5 nitrogen and oxygen atoms in total. The van der Waals surface area contributed by atoms with Gasteiger partial charge < -0.3 is 24.0 Å². The summed E-state index contributed by atoms with van der Waals surface area (Å²) >= 11 is 0. The van der Waals surface area contributed by atoms with Crippen LogP contribution in [0.4, 0.5) is 8.78 Å². The number of hydrogen-bond donors (Lipinski definition) is 1. The number of fused-ring (bicyclic) bond motifs is 1. The fourth-order valence-electron chi connectivity index (χ4n) is 3.92. The first kappa shape index (κ1) is 21.2. The number of likely N-dealkylation sites (N-methyl/N-ethyl adjacent to an activating group) is 1. The highest BCUT2D eigenvalue weighted by atomic mass is 19.3. The van der Waals surface area contributed by atoms with Crippen molar-refractivity contribution >= 4 is 16.3 Å². The van der Waals surface area contributed by atoms with Crippen LogP contribution in [0.5, 0.6) is 17.4 Å². The maximum Gasteiger partial charge on any atom is 0.394 e. The molecule has 0 bridgehead atoms. The molecule has 0 atom stereocenters. The van der Waals surface area contributed by atoms with Gasteiger partial charge >= 0.3 is 6.11 Å². The summed E-state index contributed by atoms with van der Waals surface area (Å²) in [4.78, 5) is 2.26. The van der Waals surface area contributed by atoms with Gasteiger partial charge in [0.1, 0.15) is 11.5 Å². The molecule has 1 aromatic heterocycles. The van der Waals surface area contributed by atoms with Crippen LogP contribution in [0.2, 0.25) is 0 Å². The van der Waals surface area contributed by atoms with Gasteiger partial charge in [-0.2, -0.15) is 8.78 Å². The number of benzene rings is 2. The van der Waals surface area contributed by atoms with Crippen LogP contribution in [0.3, 0.4) is 0 Å². The minimum atomic E-state index is -3.23. The monoisotopic (exact) mass is 428 g/mol. The van der Waals surface area contributed by atoms with Gasteiger partial charge in [-0.25, -0.2) is 0 Å². The van der Waals surface area contributed by atoms with Crippen molar-refractivity contribution in [3.8, 4) is 17.4 Å². The average Bonchev–Trinajstić information content (AvgIpc) is 3.03. The number of aromatic nitrogens is 1. The molecule has 4 rings (SSSR count). The van der Waals surface area contributed by atoms with E-state index in [1.165, 1.54) is 17.7 Å². The normalized spacial score (nSPS) is 15.2. The summed E-state index contributed by atoms with van der Waals surface area (Å²) < 4.78 is 37.9. The Kier molecular flexibility index (Phi) is 5.62. The lowest BCUT2D eigenvalue weighted by atomic mass is 9.97. The van der Waals surface area contributed by atoms with Crippen molar-refractivity contribution in [3.05, 3.63) is 59.8 Å². The number of hydrogen-bond acceptors (Lipinski definition) is 4. The lowest BCUT2D eigenvalue weighted by Gasteiger charge is -2.22. The second-order valence-electron chi connectivity index (χ2n) is 8.02. The second kappa shape index (κ2) is 8.23. The number of nitrogens with zero attached hydrogens (tertiary/aromatic N) is 2. The molecule has 1 aliphatic heterocycles. The Morgan fingerprint density at radius 2 is 1.90 bits per heavy atom. The van der Waals surface area contributed by atoms with Crippen molar-refractivity contribution in [2.24, 2.45) is 0 Å². The summed E-state index contributed by atoms with van der Waals surface area (Å²) in [5, 5.41) is 12.4. The van der Waals surface area contributed by atoms with Gasteiger partial charge in [0.25, 0.3) is 0 Å². The van der Waals surface area contributed by atoms with Gasteiger partial charge in [0, 0.05) is 31.6 Å². The molecule has 0 spiro atoms.